The molecule has 0 N–H and O–H groups in total. The molecule has 17 heavy (non-hydrogen) atoms. The van der Waals surface area contributed by atoms with Crippen LogP contribution < -0.4 is 0 Å². The van der Waals surface area contributed by atoms with Gasteiger partial charge in [0.25, 0.3) is 5.89 Å². The zero-order valence-corrected chi connectivity index (χ0v) is 10.4. The fourth-order valence-corrected chi connectivity index (χ4v) is 2.47. The lowest BCUT2D eigenvalue weighted by molar-refractivity contribution is 0.425. The summed E-state index contributed by atoms with van der Waals surface area (Å²) < 4.78 is 27.0. The smallest absolute Gasteiger partial charge is 0.268 e. The summed E-state index contributed by atoms with van der Waals surface area (Å²) in [5.41, 5.74) is 0. The maximum atomic E-state index is 11.0. The van der Waals surface area contributed by atoms with Gasteiger partial charge in [0, 0.05) is 6.26 Å². The van der Waals surface area contributed by atoms with Crippen molar-refractivity contribution in [1.82, 2.24) is 10.1 Å². The van der Waals surface area contributed by atoms with Gasteiger partial charge in [-0.25, -0.2) is 8.42 Å². The maximum absolute atomic E-state index is 11.0. The van der Waals surface area contributed by atoms with Gasteiger partial charge in [-0.3, -0.25) is 0 Å². The highest BCUT2D eigenvalue weighted by Gasteiger charge is 2.14. The Labute approximate surface area is 101 Å². The number of hydrogen-bond acceptors (Lipinski definition) is 7. The number of sulfone groups is 1. The summed E-state index contributed by atoms with van der Waals surface area (Å²) in [5, 5.41) is 12.2. The minimum atomic E-state index is -3.18. The molecule has 6 nitrogen and oxygen atoms in total. The van der Waals surface area contributed by atoms with Gasteiger partial charge in [0.15, 0.2) is 15.7 Å². The first-order chi connectivity index (χ1) is 7.98. The summed E-state index contributed by atoms with van der Waals surface area (Å²) in [7, 11) is -3.18. The van der Waals surface area contributed by atoms with Crippen molar-refractivity contribution < 1.29 is 12.9 Å². The fourth-order valence-electron chi connectivity index (χ4n) is 1.16. The molecule has 0 radical (unpaired) electrons. The molecule has 0 bridgehead atoms. The number of rotatable bonds is 3. The van der Waals surface area contributed by atoms with Gasteiger partial charge in [-0.15, -0.1) is 11.3 Å². The van der Waals surface area contributed by atoms with Crippen LogP contribution in [-0.2, 0) is 15.6 Å². The minimum absolute atomic E-state index is 0.120. The standard InChI is InChI=1S/C9H7N3O3S2/c1-17(13,14)5-8-11-9(15-12-8)7-3-2-6(4-10)16-7/h2-3H,5H2,1H3. The third kappa shape index (κ3) is 2.89. The molecule has 0 spiro atoms. The summed E-state index contributed by atoms with van der Waals surface area (Å²) in [5.74, 6) is 0.0945. The first-order valence-electron chi connectivity index (χ1n) is 4.48. The summed E-state index contributed by atoms with van der Waals surface area (Å²) in [6.07, 6.45) is 1.10. The van der Waals surface area contributed by atoms with Crippen LogP contribution in [0.5, 0.6) is 0 Å². The quantitative estimate of drug-likeness (QED) is 0.830. The molecule has 0 atom stereocenters. The van der Waals surface area contributed by atoms with Gasteiger partial charge in [0.05, 0.1) is 4.88 Å². The Morgan fingerprint density at radius 2 is 2.29 bits per heavy atom. The molecule has 2 heterocycles. The van der Waals surface area contributed by atoms with Crippen LogP contribution in [-0.4, -0.2) is 24.8 Å². The van der Waals surface area contributed by atoms with Crippen molar-refractivity contribution in [3.8, 4) is 16.8 Å². The molecule has 8 heteroatoms. The average Bonchev–Trinajstić information content (AvgIpc) is 2.82. The van der Waals surface area contributed by atoms with Gasteiger partial charge in [-0.05, 0) is 12.1 Å². The van der Waals surface area contributed by atoms with E-state index >= 15 is 0 Å². The van der Waals surface area contributed by atoms with E-state index in [0.29, 0.717) is 9.75 Å². The van der Waals surface area contributed by atoms with E-state index in [1.807, 2.05) is 6.07 Å². The van der Waals surface area contributed by atoms with Crippen molar-refractivity contribution in [3.63, 3.8) is 0 Å². The van der Waals surface area contributed by atoms with E-state index in [-0.39, 0.29) is 17.5 Å². The number of thiophene rings is 1. The topological polar surface area (TPSA) is 96.9 Å². The van der Waals surface area contributed by atoms with Crippen molar-refractivity contribution in [2.24, 2.45) is 0 Å². The molecule has 0 fully saturated rings. The van der Waals surface area contributed by atoms with Gasteiger partial charge < -0.3 is 4.52 Å². The van der Waals surface area contributed by atoms with Gasteiger partial charge >= 0.3 is 0 Å². The summed E-state index contributed by atoms with van der Waals surface area (Å²) in [4.78, 5) is 5.14. The average molecular weight is 269 g/mol. The highest BCUT2D eigenvalue weighted by molar-refractivity contribution is 7.89. The van der Waals surface area contributed by atoms with Crippen molar-refractivity contribution in [2.75, 3.05) is 6.26 Å². The van der Waals surface area contributed by atoms with Crippen molar-refractivity contribution >= 4 is 21.2 Å². The van der Waals surface area contributed by atoms with Gasteiger partial charge in [0.2, 0.25) is 0 Å². The zero-order valence-electron chi connectivity index (χ0n) is 8.74. The lowest BCUT2D eigenvalue weighted by Gasteiger charge is -1.88. The van der Waals surface area contributed by atoms with E-state index in [2.05, 4.69) is 10.1 Å². The van der Waals surface area contributed by atoms with Crippen LogP contribution >= 0.6 is 11.3 Å². The minimum Gasteiger partial charge on any atom is -0.333 e. The second-order valence-corrected chi connectivity index (χ2v) is 6.59. The molecule has 88 valence electrons. The SMILES string of the molecule is CS(=O)(=O)Cc1noc(-c2ccc(C#N)s2)n1. The van der Waals surface area contributed by atoms with Crippen LogP contribution in [0.3, 0.4) is 0 Å². The first kappa shape index (κ1) is 11.8. The molecule has 2 aromatic heterocycles. The molecule has 0 aromatic carbocycles. The molecule has 0 saturated heterocycles. The predicted molar refractivity (Wildman–Crippen MR) is 60.9 cm³/mol. The number of aromatic nitrogens is 2. The van der Waals surface area contributed by atoms with E-state index in [0.717, 1.165) is 6.26 Å². The number of nitrogens with zero attached hydrogens (tertiary/aromatic N) is 3. The molecule has 0 amide bonds. The van der Waals surface area contributed by atoms with Gasteiger partial charge in [-0.1, -0.05) is 5.16 Å². The summed E-state index contributed by atoms with van der Waals surface area (Å²) >= 11 is 1.21. The molecule has 0 aliphatic heterocycles. The maximum Gasteiger partial charge on any atom is 0.268 e. The number of hydrogen-bond donors (Lipinski definition) is 0. The Morgan fingerprint density at radius 1 is 1.53 bits per heavy atom. The van der Waals surface area contributed by atoms with E-state index in [9.17, 15) is 8.42 Å². The molecule has 2 rings (SSSR count). The highest BCUT2D eigenvalue weighted by Crippen LogP contribution is 2.26. The van der Waals surface area contributed by atoms with E-state index in [1.54, 1.807) is 12.1 Å². The molecule has 2 aromatic rings. The fraction of sp³-hybridized carbons (Fsp3) is 0.222. The monoisotopic (exact) mass is 269 g/mol. The molecule has 0 aliphatic rings. The van der Waals surface area contributed by atoms with Crippen LogP contribution in [0.25, 0.3) is 10.8 Å². The Hall–Kier alpha value is -1.72. The Balaban J connectivity index is 2.27. The lowest BCUT2D eigenvalue weighted by atomic mass is 10.4. The number of nitriles is 1. The molecular weight excluding hydrogens is 262 g/mol. The summed E-state index contributed by atoms with van der Waals surface area (Å²) in [6, 6.07) is 5.32. The first-order valence-corrected chi connectivity index (χ1v) is 7.36. The highest BCUT2D eigenvalue weighted by atomic mass is 32.2. The largest absolute Gasteiger partial charge is 0.333 e. The van der Waals surface area contributed by atoms with Crippen molar-refractivity contribution in [2.45, 2.75) is 5.75 Å². The van der Waals surface area contributed by atoms with Gasteiger partial charge in [-0.2, -0.15) is 10.2 Å². The van der Waals surface area contributed by atoms with Crippen LogP contribution in [0.1, 0.15) is 10.7 Å². The predicted octanol–water partition coefficient (Wildman–Crippen LogP) is 1.21. The lowest BCUT2D eigenvalue weighted by Crippen LogP contribution is -2.02. The molecule has 0 saturated carbocycles. The normalized spacial score (nSPS) is 11.3. The van der Waals surface area contributed by atoms with Crippen LogP contribution in [0, 0.1) is 11.3 Å². The van der Waals surface area contributed by atoms with Crippen LogP contribution in [0.2, 0.25) is 0 Å². The van der Waals surface area contributed by atoms with Crippen LogP contribution in [0.15, 0.2) is 16.7 Å². The van der Waals surface area contributed by atoms with Crippen molar-refractivity contribution in [3.05, 3.63) is 22.8 Å². The third-order valence-corrected chi connectivity index (χ3v) is 3.55. The Kier molecular flexibility index (Phi) is 2.95. The molecular formula is C9H7N3O3S2. The second-order valence-electron chi connectivity index (χ2n) is 3.36. The third-order valence-electron chi connectivity index (χ3n) is 1.79. The van der Waals surface area contributed by atoms with Gasteiger partial charge in [0.1, 0.15) is 16.7 Å². The molecule has 0 aliphatic carbocycles. The Morgan fingerprint density at radius 3 is 2.88 bits per heavy atom. The second kappa shape index (κ2) is 4.27. The van der Waals surface area contributed by atoms with Crippen LogP contribution in [0.4, 0.5) is 0 Å². The van der Waals surface area contributed by atoms with E-state index in [4.69, 9.17) is 9.78 Å². The molecule has 0 unspecified atom stereocenters. The van der Waals surface area contributed by atoms with Crippen molar-refractivity contribution in [1.29, 1.82) is 5.26 Å². The van der Waals surface area contributed by atoms with E-state index in [1.165, 1.54) is 11.3 Å². The summed E-state index contributed by atoms with van der Waals surface area (Å²) in [6.45, 7) is 0. The van der Waals surface area contributed by atoms with E-state index < -0.39 is 9.84 Å². The Bertz CT molecular complexity index is 678. The zero-order chi connectivity index (χ0) is 12.5.